The van der Waals surface area contributed by atoms with Gasteiger partial charge in [0.05, 0.1) is 6.54 Å². The zero-order chi connectivity index (χ0) is 18.4. The molecule has 1 heterocycles. The third-order valence-electron chi connectivity index (χ3n) is 5.31. The van der Waals surface area contributed by atoms with E-state index in [9.17, 15) is 0 Å². The molecule has 0 spiro atoms. The predicted molar refractivity (Wildman–Crippen MR) is 107 cm³/mol. The summed E-state index contributed by atoms with van der Waals surface area (Å²) in [7, 11) is 1.83. The Morgan fingerprint density at radius 3 is 2.65 bits per heavy atom. The maximum absolute atomic E-state index is 4.50. The number of hydrogen-bond acceptors (Lipinski definition) is 2. The SMILES string of the molecule is CN=C(NCc1nccn1Cc1ccccc1)NC1CCC(C)(C)CC1. The molecular weight excluding hydrogens is 322 g/mol. The molecule has 0 radical (unpaired) electrons. The van der Waals surface area contributed by atoms with E-state index in [1.807, 2.05) is 25.5 Å². The summed E-state index contributed by atoms with van der Waals surface area (Å²) in [5.41, 5.74) is 1.76. The molecule has 1 aromatic heterocycles. The lowest BCUT2D eigenvalue weighted by molar-refractivity contribution is 0.216. The third kappa shape index (κ3) is 5.10. The molecule has 5 nitrogen and oxygen atoms in total. The van der Waals surface area contributed by atoms with Crippen molar-refractivity contribution in [2.75, 3.05) is 7.05 Å². The van der Waals surface area contributed by atoms with Crippen molar-refractivity contribution < 1.29 is 0 Å². The van der Waals surface area contributed by atoms with Crippen LogP contribution in [-0.2, 0) is 13.1 Å². The number of hydrogen-bond donors (Lipinski definition) is 2. The molecule has 1 fully saturated rings. The molecular formula is C21H31N5. The largest absolute Gasteiger partial charge is 0.354 e. The van der Waals surface area contributed by atoms with Crippen LogP contribution in [0, 0.1) is 5.41 Å². The fourth-order valence-corrected chi connectivity index (χ4v) is 3.53. The van der Waals surface area contributed by atoms with Crippen LogP contribution in [0.2, 0.25) is 0 Å². The van der Waals surface area contributed by atoms with Gasteiger partial charge in [0.1, 0.15) is 5.82 Å². The molecule has 0 aliphatic heterocycles. The van der Waals surface area contributed by atoms with Crippen molar-refractivity contribution >= 4 is 5.96 Å². The molecule has 1 aliphatic carbocycles. The van der Waals surface area contributed by atoms with Gasteiger partial charge in [0.25, 0.3) is 0 Å². The van der Waals surface area contributed by atoms with Gasteiger partial charge in [0.2, 0.25) is 0 Å². The number of nitrogens with zero attached hydrogens (tertiary/aromatic N) is 3. The van der Waals surface area contributed by atoms with E-state index in [-0.39, 0.29) is 0 Å². The van der Waals surface area contributed by atoms with Crippen LogP contribution in [0.15, 0.2) is 47.7 Å². The first-order valence-corrected chi connectivity index (χ1v) is 9.57. The summed E-state index contributed by atoms with van der Waals surface area (Å²) in [5, 5.41) is 7.00. The average molecular weight is 354 g/mol. The minimum absolute atomic E-state index is 0.483. The van der Waals surface area contributed by atoms with Crippen LogP contribution in [0.1, 0.15) is 50.9 Å². The van der Waals surface area contributed by atoms with E-state index in [0.29, 0.717) is 18.0 Å². The minimum Gasteiger partial charge on any atom is -0.354 e. The molecule has 3 rings (SSSR count). The van der Waals surface area contributed by atoms with Gasteiger partial charge < -0.3 is 15.2 Å². The highest BCUT2D eigenvalue weighted by atomic mass is 15.2. The second kappa shape index (κ2) is 8.39. The predicted octanol–water partition coefficient (Wildman–Crippen LogP) is 3.57. The molecule has 2 N–H and O–H groups in total. The van der Waals surface area contributed by atoms with Crippen molar-refractivity contribution in [3.63, 3.8) is 0 Å². The van der Waals surface area contributed by atoms with E-state index < -0.39 is 0 Å². The Morgan fingerprint density at radius 2 is 1.96 bits per heavy atom. The summed E-state index contributed by atoms with van der Waals surface area (Å²) >= 11 is 0. The van der Waals surface area contributed by atoms with Gasteiger partial charge in [-0.2, -0.15) is 0 Å². The Kier molecular flexibility index (Phi) is 5.96. The van der Waals surface area contributed by atoms with E-state index in [4.69, 9.17) is 0 Å². The Morgan fingerprint density at radius 1 is 1.23 bits per heavy atom. The zero-order valence-electron chi connectivity index (χ0n) is 16.2. The van der Waals surface area contributed by atoms with Crippen molar-refractivity contribution in [3.05, 3.63) is 54.1 Å². The van der Waals surface area contributed by atoms with Crippen molar-refractivity contribution in [3.8, 4) is 0 Å². The lowest BCUT2D eigenvalue weighted by Crippen LogP contribution is -2.45. The summed E-state index contributed by atoms with van der Waals surface area (Å²) in [5.74, 6) is 1.88. The fraction of sp³-hybridized carbons (Fsp3) is 0.524. The quantitative estimate of drug-likeness (QED) is 0.638. The smallest absolute Gasteiger partial charge is 0.191 e. The average Bonchev–Trinajstić information content (AvgIpc) is 3.08. The molecule has 26 heavy (non-hydrogen) atoms. The third-order valence-corrected chi connectivity index (χ3v) is 5.31. The summed E-state index contributed by atoms with van der Waals surface area (Å²) in [6.07, 6.45) is 8.84. The summed E-state index contributed by atoms with van der Waals surface area (Å²) in [4.78, 5) is 8.89. The lowest BCUT2D eigenvalue weighted by atomic mass is 9.75. The Hall–Kier alpha value is -2.30. The molecule has 1 saturated carbocycles. The van der Waals surface area contributed by atoms with Crippen LogP contribution < -0.4 is 10.6 Å². The minimum atomic E-state index is 0.483. The van der Waals surface area contributed by atoms with E-state index >= 15 is 0 Å². The Labute approximate surface area is 156 Å². The molecule has 5 heteroatoms. The number of nitrogens with one attached hydrogen (secondary N) is 2. The van der Waals surface area contributed by atoms with Gasteiger partial charge >= 0.3 is 0 Å². The number of aromatic nitrogens is 2. The van der Waals surface area contributed by atoms with Gasteiger partial charge in [-0.15, -0.1) is 0 Å². The van der Waals surface area contributed by atoms with Crippen LogP contribution in [0.4, 0.5) is 0 Å². The standard InChI is InChI=1S/C21H31N5/c1-21(2)11-9-18(10-12-21)25-20(22-3)24-15-19-23-13-14-26(19)16-17-7-5-4-6-8-17/h4-8,13-14,18H,9-12,15-16H2,1-3H3,(H2,22,24,25). The molecule has 2 aromatic rings. The van der Waals surface area contributed by atoms with Crippen molar-refractivity contribution in [2.45, 2.75) is 58.7 Å². The molecule has 1 aromatic carbocycles. The van der Waals surface area contributed by atoms with Gasteiger partial charge in [-0.05, 0) is 36.7 Å². The molecule has 0 unspecified atom stereocenters. The van der Waals surface area contributed by atoms with Crippen LogP contribution >= 0.6 is 0 Å². The van der Waals surface area contributed by atoms with E-state index in [0.717, 1.165) is 18.3 Å². The first-order chi connectivity index (χ1) is 12.6. The monoisotopic (exact) mass is 353 g/mol. The summed E-state index contributed by atoms with van der Waals surface area (Å²) in [6, 6.07) is 11.0. The number of guanidine groups is 1. The fourth-order valence-electron chi connectivity index (χ4n) is 3.53. The van der Waals surface area contributed by atoms with Gasteiger partial charge in [0, 0.05) is 32.0 Å². The van der Waals surface area contributed by atoms with Crippen molar-refractivity contribution in [1.82, 2.24) is 20.2 Å². The zero-order valence-corrected chi connectivity index (χ0v) is 16.2. The Balaban J connectivity index is 1.52. The molecule has 0 bridgehead atoms. The second-order valence-corrected chi connectivity index (χ2v) is 7.97. The first-order valence-electron chi connectivity index (χ1n) is 9.57. The molecule has 0 saturated heterocycles. The highest BCUT2D eigenvalue weighted by molar-refractivity contribution is 5.79. The number of imidazole rings is 1. The number of aliphatic imine (C=N–C) groups is 1. The lowest BCUT2D eigenvalue weighted by Gasteiger charge is -2.35. The molecule has 1 aliphatic rings. The number of benzene rings is 1. The van der Waals surface area contributed by atoms with Gasteiger partial charge in [-0.1, -0.05) is 44.2 Å². The maximum Gasteiger partial charge on any atom is 0.191 e. The maximum atomic E-state index is 4.50. The van der Waals surface area contributed by atoms with Gasteiger partial charge in [-0.3, -0.25) is 4.99 Å². The van der Waals surface area contributed by atoms with Gasteiger partial charge in [-0.25, -0.2) is 4.98 Å². The Bertz CT molecular complexity index is 707. The van der Waals surface area contributed by atoms with Crippen LogP contribution in [0.5, 0.6) is 0 Å². The number of rotatable bonds is 5. The van der Waals surface area contributed by atoms with E-state index in [1.54, 1.807) is 0 Å². The van der Waals surface area contributed by atoms with E-state index in [1.165, 1.54) is 31.2 Å². The summed E-state index contributed by atoms with van der Waals surface area (Å²) < 4.78 is 2.18. The van der Waals surface area contributed by atoms with Crippen LogP contribution in [0.25, 0.3) is 0 Å². The normalized spacial score (nSPS) is 17.9. The van der Waals surface area contributed by atoms with Crippen LogP contribution in [-0.4, -0.2) is 28.6 Å². The molecule has 140 valence electrons. The molecule has 0 atom stereocenters. The van der Waals surface area contributed by atoms with Crippen LogP contribution in [0.3, 0.4) is 0 Å². The highest BCUT2D eigenvalue weighted by Gasteiger charge is 2.27. The van der Waals surface area contributed by atoms with E-state index in [2.05, 4.69) is 63.3 Å². The first kappa shape index (κ1) is 18.5. The van der Waals surface area contributed by atoms with Gasteiger partial charge in [0.15, 0.2) is 5.96 Å². The highest BCUT2D eigenvalue weighted by Crippen LogP contribution is 2.34. The topological polar surface area (TPSA) is 54.2 Å². The summed E-state index contributed by atoms with van der Waals surface area (Å²) in [6.45, 7) is 6.23. The van der Waals surface area contributed by atoms with Crippen molar-refractivity contribution in [2.24, 2.45) is 10.4 Å². The molecule has 0 amide bonds. The second-order valence-electron chi connectivity index (χ2n) is 7.97. The van der Waals surface area contributed by atoms with Crippen molar-refractivity contribution in [1.29, 1.82) is 0 Å².